The summed E-state index contributed by atoms with van der Waals surface area (Å²) in [5.41, 5.74) is 29.1. The molecule has 0 unspecified atom stereocenters. The zero-order valence-corrected chi connectivity index (χ0v) is 85.8. The minimum Gasteiger partial charge on any atom is -0.478 e. The van der Waals surface area contributed by atoms with Crippen molar-refractivity contribution < 1.29 is 91.7 Å². The molecule has 28 nitrogen and oxygen atoms in total. The predicted octanol–water partition coefficient (Wildman–Crippen LogP) is 13.4. The number of nitrogens with zero attached hydrogens (tertiary/aromatic N) is 3. The van der Waals surface area contributed by atoms with Crippen LogP contribution in [0.3, 0.4) is 0 Å². The molecule has 0 saturated carbocycles. The number of carboxylic acids is 1. The zero-order valence-electron chi connectivity index (χ0n) is 84.9. The number of nitrogens with two attached hydrogens (primary N) is 2. The normalized spacial score (nSPS) is 11.4. The van der Waals surface area contributed by atoms with E-state index >= 15 is 0 Å². The number of rotatable bonds is 36. The van der Waals surface area contributed by atoms with Crippen molar-refractivity contribution in [3.05, 3.63) is 354 Å². The minimum atomic E-state index is -1.05. The average molecular weight is 1980 g/mol. The molecule has 29 heteroatoms. The Hall–Kier alpha value is -14.4. The maximum atomic E-state index is 12.6. The van der Waals surface area contributed by atoms with Crippen molar-refractivity contribution in [2.75, 3.05) is 131 Å². The number of nitrogens with one attached hydrogen (secondary N) is 4. The summed E-state index contributed by atoms with van der Waals surface area (Å²) in [6.45, 7) is 19.1. The lowest BCUT2D eigenvalue weighted by atomic mass is 9.98. The van der Waals surface area contributed by atoms with Crippen LogP contribution in [0, 0.1) is 71.0 Å². The van der Waals surface area contributed by atoms with Crippen LogP contribution < -0.4 is 32.9 Å². The molecule has 0 saturated heterocycles. The lowest BCUT2D eigenvalue weighted by Crippen LogP contribution is -2.54. The molecule has 144 heavy (non-hydrogen) atoms. The van der Waals surface area contributed by atoms with E-state index in [0.29, 0.717) is 35.5 Å². The summed E-state index contributed by atoms with van der Waals surface area (Å²) in [6.07, 6.45) is 1.65. The number of ether oxygens (including phenoxy) is 8. The third-order valence-electron chi connectivity index (χ3n) is 21.8. The van der Waals surface area contributed by atoms with Crippen molar-refractivity contribution in [2.24, 2.45) is 23.3 Å². The molecule has 0 fully saturated rings. The number of aliphatic hydroxyl groups is 1. The van der Waals surface area contributed by atoms with E-state index in [1.165, 1.54) is 50.6 Å². The van der Waals surface area contributed by atoms with Gasteiger partial charge in [-0.1, -0.05) is 160 Å². The number of esters is 4. The van der Waals surface area contributed by atoms with Crippen LogP contribution in [0.15, 0.2) is 243 Å². The van der Waals surface area contributed by atoms with Gasteiger partial charge in [0.05, 0.1) is 78.2 Å². The standard InChI is InChI=1S/C27H34N2O4.C23H28N4O4.C21H23NO3.C20H21NO3.C17H14O3.C7H15NO2.ClH/c1-6-20(2)25(27(31)33-5)28-26(30)24-15-13-22(14-16-24)8-7-21-9-11-23(12-10-21)19-29(3)17-18-32-4;1-16(24)21(23(29)27-30)26-22(28)20-11-9-18(10-12-20)4-3-17-5-7-19(8-6-17)15-25-13-14-31-2;1-22(14-15-24-2)16-19-8-6-17(7-9-19)4-5-18-10-12-20(13-11-18)21(23)25-3;1-21(13-14-24-2)15-18-7-5-16(6-8-18)3-4-17-9-11-19(12-10-17)20(22)23;1-20-17(19)16-10-8-14(9-11-16)3-2-13-4-6-15(12-18)7-5-13;1-4-5(2)6(8)7(9)10-3;/h9-16,20,25H,6,17-19H2,1-5H3,(H,28,30);5-12,16,21,25,30H,13-15,24H2,1-2H3,(H,26,28)(H,27,29);6-13H,14-16H2,1-3H3;5-12H,13-15H2,1-2H3,(H,22,23);4-11,18H,12H2,1H3;5-6H,4,8H2,1-3H3;1H/t20-,25-;16-,21+;;;;5-,6-;/m01...0./s1. The van der Waals surface area contributed by atoms with E-state index in [-0.39, 0.29) is 60.2 Å². The summed E-state index contributed by atoms with van der Waals surface area (Å²) in [5.74, 6) is 27.1. The first-order chi connectivity index (χ1) is 68.9. The van der Waals surface area contributed by atoms with Gasteiger partial charge < -0.3 is 75.5 Å². The highest BCUT2D eigenvalue weighted by molar-refractivity contribution is 5.98. The van der Waals surface area contributed by atoms with E-state index in [0.717, 1.165) is 145 Å². The van der Waals surface area contributed by atoms with Crippen LogP contribution >= 0.6 is 12.4 Å². The van der Waals surface area contributed by atoms with Crippen LogP contribution in [0.5, 0.6) is 0 Å². The van der Waals surface area contributed by atoms with Crippen molar-refractivity contribution in [3.8, 4) is 59.2 Å². The molecule has 0 spiro atoms. The number of carboxylic acid groups (broad SMARTS) is 1. The Morgan fingerprint density at radius 3 is 0.861 bits per heavy atom. The molecule has 0 radical (unpaired) electrons. The van der Waals surface area contributed by atoms with Crippen molar-refractivity contribution in [3.63, 3.8) is 0 Å². The fourth-order valence-corrected chi connectivity index (χ4v) is 12.6. The molecule has 3 amide bonds. The van der Waals surface area contributed by atoms with Gasteiger partial charge in [0.15, 0.2) is 0 Å². The maximum Gasteiger partial charge on any atom is 0.337 e. The number of methoxy groups -OCH3 is 8. The Balaban J connectivity index is 0.000000368. The third-order valence-corrected chi connectivity index (χ3v) is 21.8. The lowest BCUT2D eigenvalue weighted by molar-refractivity contribution is -0.144. The zero-order chi connectivity index (χ0) is 105. The number of hydrogen-bond donors (Lipinski definition) is 9. The summed E-state index contributed by atoms with van der Waals surface area (Å²) < 4.78 is 38.9. The Kier molecular flexibility index (Phi) is 58.8. The SMILES string of the molecule is CC[C@H](C)[C@H](N)C(=O)OC.CC[C@H](C)[C@H](NC(=O)c1ccc(C#Cc2ccc(CN(C)CCOC)cc2)cc1)C(=O)OC.COC(=O)c1ccc(C#Cc2ccc(CO)cc2)cc1.COCCN(C)Cc1ccc(C#Cc2ccc(C(=O)O)cc2)cc1.COCCN(C)Cc1ccc(C#Cc2ccc(C(=O)OC)cc2)cc1.COCCNCc1ccc(C#Cc2ccc(C(=O)N[C@H](C(=O)NO)[C@@H](C)N)cc2)cc1.Cl. The van der Waals surface area contributed by atoms with Gasteiger partial charge in [-0.25, -0.2) is 24.7 Å². The van der Waals surface area contributed by atoms with Gasteiger partial charge >= 0.3 is 29.8 Å². The molecule has 10 aromatic carbocycles. The first-order valence-electron chi connectivity index (χ1n) is 46.4. The van der Waals surface area contributed by atoms with Gasteiger partial charge in [-0.2, -0.15) is 0 Å². The first kappa shape index (κ1) is 122. The highest BCUT2D eigenvalue weighted by atomic mass is 35.5. The second-order valence-corrected chi connectivity index (χ2v) is 33.0. The van der Waals surface area contributed by atoms with E-state index < -0.39 is 47.9 Å². The van der Waals surface area contributed by atoms with Gasteiger partial charge in [-0.3, -0.25) is 39.1 Å². The number of likely N-dealkylation sites (N-methyl/N-ethyl adjacent to an activating group) is 3. The number of hydrogen-bond acceptors (Lipinski definition) is 24. The van der Waals surface area contributed by atoms with Gasteiger partial charge in [0.25, 0.3) is 17.7 Å². The molecule has 762 valence electrons. The number of amides is 3. The Labute approximate surface area is 854 Å². The average Bonchev–Trinajstić information content (AvgIpc) is 0.784. The number of aromatic carboxylic acids is 1. The fraction of sp³-hybridized carbons (Fsp3) is 0.322. The molecule has 0 aliphatic carbocycles. The molecule has 0 aromatic heterocycles. The summed E-state index contributed by atoms with van der Waals surface area (Å²) in [6, 6.07) is 71.3. The third kappa shape index (κ3) is 47.0. The minimum absolute atomic E-state index is 0. The fourth-order valence-electron chi connectivity index (χ4n) is 12.6. The Morgan fingerprint density at radius 1 is 0.347 bits per heavy atom. The van der Waals surface area contributed by atoms with E-state index in [1.54, 1.807) is 145 Å². The van der Waals surface area contributed by atoms with E-state index in [2.05, 4.69) is 162 Å². The number of hydroxylamine groups is 1. The molecule has 0 heterocycles. The number of carbonyl (C=O) groups excluding carboxylic acids is 7. The van der Waals surface area contributed by atoms with E-state index in [1.807, 2.05) is 125 Å². The predicted molar refractivity (Wildman–Crippen MR) is 562 cm³/mol. The summed E-state index contributed by atoms with van der Waals surface area (Å²) in [5, 5.41) is 35.2. The summed E-state index contributed by atoms with van der Waals surface area (Å²) in [7, 11) is 18.4. The van der Waals surface area contributed by atoms with Crippen LogP contribution in [-0.4, -0.2) is 232 Å². The first-order valence-corrected chi connectivity index (χ1v) is 46.4. The monoisotopic (exact) mass is 1980 g/mol. The van der Waals surface area contributed by atoms with Gasteiger partial charge in [0, 0.05) is 154 Å². The highest BCUT2D eigenvalue weighted by Gasteiger charge is 2.28. The Morgan fingerprint density at radius 2 is 0.611 bits per heavy atom. The molecule has 10 aromatic rings. The quantitative estimate of drug-likeness (QED) is 0.00440. The molecule has 0 aliphatic rings. The second kappa shape index (κ2) is 69.5. The smallest absolute Gasteiger partial charge is 0.337 e. The van der Waals surface area contributed by atoms with Crippen molar-refractivity contribution in [1.82, 2.24) is 36.1 Å². The molecule has 0 aliphatic heterocycles. The largest absolute Gasteiger partial charge is 0.478 e. The van der Waals surface area contributed by atoms with Crippen LogP contribution in [0.25, 0.3) is 0 Å². The van der Waals surface area contributed by atoms with Crippen LogP contribution in [-0.2, 0) is 85.1 Å². The van der Waals surface area contributed by atoms with Crippen LogP contribution in [0.4, 0.5) is 0 Å². The van der Waals surface area contributed by atoms with E-state index in [4.69, 9.17) is 50.6 Å². The molecular formula is C115H136ClN9O19. The van der Waals surface area contributed by atoms with Crippen molar-refractivity contribution in [2.45, 2.75) is 104 Å². The number of carbonyl (C=O) groups is 8. The van der Waals surface area contributed by atoms with Crippen molar-refractivity contribution in [1.29, 1.82) is 0 Å². The maximum absolute atomic E-state index is 12.6. The van der Waals surface area contributed by atoms with Crippen LogP contribution in [0.2, 0.25) is 0 Å². The summed E-state index contributed by atoms with van der Waals surface area (Å²) >= 11 is 0. The summed E-state index contributed by atoms with van der Waals surface area (Å²) in [4.78, 5) is 99.4. The molecule has 0 bridgehead atoms. The number of aliphatic hydroxyl groups excluding tert-OH is 1. The van der Waals surface area contributed by atoms with Gasteiger partial charge in [-0.05, 0) is 250 Å². The number of halogens is 1. The van der Waals surface area contributed by atoms with Gasteiger partial charge in [-0.15, -0.1) is 12.4 Å². The Bertz CT molecular complexity index is 5900. The molecule has 6 atom stereocenters. The van der Waals surface area contributed by atoms with Crippen LogP contribution in [0.1, 0.15) is 183 Å². The van der Waals surface area contributed by atoms with Gasteiger partial charge in [0.2, 0.25) is 0 Å². The molecule has 11 N–H and O–H groups in total. The topological polar surface area (TPSA) is 381 Å². The molecule has 10 rings (SSSR count). The van der Waals surface area contributed by atoms with Gasteiger partial charge in [0.1, 0.15) is 18.1 Å². The van der Waals surface area contributed by atoms with E-state index in [9.17, 15) is 38.4 Å². The highest BCUT2D eigenvalue weighted by Crippen LogP contribution is 2.18. The van der Waals surface area contributed by atoms with Crippen molar-refractivity contribution >= 4 is 60.0 Å². The second-order valence-electron chi connectivity index (χ2n) is 33.0. The number of benzene rings is 10. The lowest BCUT2D eigenvalue weighted by Gasteiger charge is -2.21. The molecular weight excluding hydrogens is 1850 g/mol.